The molecule has 3 atom stereocenters. The van der Waals surface area contributed by atoms with Gasteiger partial charge in [-0.1, -0.05) is 6.07 Å². The minimum Gasteiger partial charge on any atom is -0.490 e. The summed E-state index contributed by atoms with van der Waals surface area (Å²) < 4.78 is 12.4. The van der Waals surface area contributed by atoms with E-state index in [9.17, 15) is 14.4 Å². The van der Waals surface area contributed by atoms with Crippen LogP contribution in [0.5, 0.6) is 5.75 Å². The normalized spacial score (nSPS) is 24.5. The largest absolute Gasteiger partial charge is 0.490 e. The van der Waals surface area contributed by atoms with E-state index in [0.29, 0.717) is 34.9 Å². The Morgan fingerprint density at radius 3 is 2.74 bits per heavy atom. The van der Waals surface area contributed by atoms with Crippen LogP contribution in [0.4, 0.5) is 5.69 Å². The van der Waals surface area contributed by atoms with Crippen molar-refractivity contribution in [2.24, 2.45) is 0 Å². The fraction of sp³-hybridized carbons (Fsp3) is 0.500. The monoisotopic (exact) mass is 497 g/mol. The number of amides is 3. The summed E-state index contributed by atoms with van der Waals surface area (Å²) in [5.41, 5.74) is 0.957. The lowest BCUT2D eigenvalue weighted by molar-refractivity contribution is -0.143. The molecule has 1 aromatic carbocycles. The molecule has 0 unspecified atom stereocenters. The second kappa shape index (κ2) is 10.4. The topological polar surface area (TPSA) is 88.2 Å². The number of benzene rings is 1. The van der Waals surface area contributed by atoms with E-state index in [0.717, 1.165) is 38.8 Å². The molecule has 0 spiro atoms. The Bertz CT molecular complexity index is 1080. The zero-order valence-electron chi connectivity index (χ0n) is 19.9. The molecular weight excluding hydrogens is 466 g/mol. The third kappa shape index (κ3) is 5.21. The van der Waals surface area contributed by atoms with Gasteiger partial charge < -0.3 is 24.6 Å². The van der Waals surface area contributed by atoms with Crippen molar-refractivity contribution >= 4 is 34.7 Å². The van der Waals surface area contributed by atoms with Crippen LogP contribution in [0.2, 0.25) is 0 Å². The summed E-state index contributed by atoms with van der Waals surface area (Å²) in [6.07, 6.45) is 4.72. The van der Waals surface area contributed by atoms with Crippen LogP contribution in [-0.2, 0) is 9.53 Å². The van der Waals surface area contributed by atoms with Crippen LogP contribution in [0.25, 0.3) is 0 Å². The second-order valence-corrected chi connectivity index (χ2v) is 10.4. The number of ether oxygens (including phenoxy) is 2. The van der Waals surface area contributed by atoms with Crippen molar-refractivity contribution in [3.05, 3.63) is 46.2 Å². The lowest BCUT2D eigenvalue weighted by Gasteiger charge is -2.42. The number of hydrogen-bond acceptors (Lipinski definition) is 6. The molecule has 0 bridgehead atoms. The first-order valence-electron chi connectivity index (χ1n) is 12.3. The standard InChI is InChI=1S/C26H31N3O5S/c1-28-20-9-8-18(15-24(30)29-11-3-2-4-12-29)34-22(20)16-33-21-10-7-17(14-19(21)26(28)32)27-25(31)23-6-5-13-35-23/h5-7,10,13-14,18,20,22H,2-4,8-9,11-12,15-16H2,1H3,(H,27,31)/t18-,20+,22-/m1/s1. The molecule has 2 saturated heterocycles. The molecule has 3 aliphatic rings. The van der Waals surface area contributed by atoms with Crippen molar-refractivity contribution in [3.8, 4) is 5.75 Å². The van der Waals surface area contributed by atoms with Gasteiger partial charge in [-0.15, -0.1) is 11.3 Å². The maximum Gasteiger partial charge on any atom is 0.265 e. The molecule has 1 N–H and O–H groups in total. The zero-order chi connectivity index (χ0) is 24.4. The van der Waals surface area contributed by atoms with E-state index >= 15 is 0 Å². The molecule has 1 aromatic heterocycles. The number of likely N-dealkylation sites (tertiary alicyclic amines) is 1. The number of hydrogen-bond donors (Lipinski definition) is 1. The minimum atomic E-state index is -0.303. The van der Waals surface area contributed by atoms with Crippen LogP contribution in [-0.4, -0.2) is 72.5 Å². The van der Waals surface area contributed by atoms with Gasteiger partial charge in [-0.05, 0) is 61.7 Å². The minimum absolute atomic E-state index is 0.138. The Labute approximate surface area is 209 Å². The van der Waals surface area contributed by atoms with Crippen LogP contribution >= 0.6 is 11.3 Å². The molecular formula is C26H31N3O5S. The first kappa shape index (κ1) is 23.8. The summed E-state index contributed by atoms with van der Waals surface area (Å²) in [7, 11) is 1.79. The van der Waals surface area contributed by atoms with Crippen LogP contribution in [0, 0.1) is 0 Å². The van der Waals surface area contributed by atoms with Crippen LogP contribution in [0.3, 0.4) is 0 Å². The molecule has 0 saturated carbocycles. The Kier molecular flexibility index (Phi) is 7.06. The maximum atomic E-state index is 13.4. The Morgan fingerprint density at radius 1 is 1.14 bits per heavy atom. The number of carbonyl (C=O) groups excluding carboxylic acids is 3. The van der Waals surface area contributed by atoms with Crippen molar-refractivity contribution < 1.29 is 23.9 Å². The summed E-state index contributed by atoms with van der Waals surface area (Å²) in [5, 5.41) is 4.70. The van der Waals surface area contributed by atoms with Gasteiger partial charge in [0.25, 0.3) is 11.8 Å². The maximum absolute atomic E-state index is 13.4. The SMILES string of the molecule is CN1C(=O)c2cc(NC(=O)c3cccs3)ccc2OC[C@H]2O[C@@H](CC(=O)N3CCCCC3)CC[C@@H]21. The third-order valence-corrected chi connectivity index (χ3v) is 7.99. The first-order valence-corrected chi connectivity index (χ1v) is 13.2. The first-order chi connectivity index (χ1) is 17.0. The molecule has 4 heterocycles. The number of anilines is 1. The molecule has 5 rings (SSSR count). The molecule has 0 aliphatic carbocycles. The molecule has 3 amide bonds. The number of rotatable bonds is 4. The molecule has 2 aromatic rings. The average molecular weight is 498 g/mol. The van der Waals surface area contributed by atoms with Crippen molar-refractivity contribution in [3.63, 3.8) is 0 Å². The lowest BCUT2D eigenvalue weighted by Crippen LogP contribution is -2.54. The van der Waals surface area contributed by atoms with E-state index in [1.54, 1.807) is 36.2 Å². The van der Waals surface area contributed by atoms with Gasteiger partial charge in [0.2, 0.25) is 5.91 Å². The molecule has 3 aliphatic heterocycles. The van der Waals surface area contributed by atoms with E-state index in [4.69, 9.17) is 9.47 Å². The Hall–Kier alpha value is -2.91. The number of nitrogens with zero attached hydrogens (tertiary/aromatic N) is 2. The molecule has 9 heteroatoms. The summed E-state index contributed by atoms with van der Waals surface area (Å²) in [6, 6.07) is 8.56. The van der Waals surface area contributed by atoms with Gasteiger partial charge in [-0.2, -0.15) is 0 Å². The number of nitrogens with one attached hydrogen (secondary N) is 1. The number of likely N-dealkylation sites (N-methyl/N-ethyl adjacent to an activating group) is 1. The highest BCUT2D eigenvalue weighted by molar-refractivity contribution is 7.12. The fourth-order valence-electron chi connectivity index (χ4n) is 5.17. The third-order valence-electron chi connectivity index (χ3n) is 7.13. The average Bonchev–Trinajstić information content (AvgIpc) is 3.42. The highest BCUT2D eigenvalue weighted by atomic mass is 32.1. The quantitative estimate of drug-likeness (QED) is 0.695. The van der Waals surface area contributed by atoms with Crippen molar-refractivity contribution in [1.29, 1.82) is 0 Å². The predicted octanol–water partition coefficient (Wildman–Crippen LogP) is 3.78. The summed E-state index contributed by atoms with van der Waals surface area (Å²) in [6.45, 7) is 1.97. The zero-order valence-corrected chi connectivity index (χ0v) is 20.7. The number of fused-ring (bicyclic) bond motifs is 2. The van der Waals surface area contributed by atoms with Gasteiger partial charge in [0.1, 0.15) is 18.5 Å². The van der Waals surface area contributed by atoms with Crippen LogP contribution in [0.1, 0.15) is 58.6 Å². The Balaban J connectivity index is 1.27. The highest BCUT2D eigenvalue weighted by Crippen LogP contribution is 2.33. The van der Waals surface area contributed by atoms with Gasteiger partial charge in [0.15, 0.2) is 0 Å². The van der Waals surface area contributed by atoms with E-state index in [-0.39, 0.29) is 36.0 Å². The Morgan fingerprint density at radius 2 is 1.97 bits per heavy atom. The van der Waals surface area contributed by atoms with Crippen molar-refractivity contribution in [1.82, 2.24) is 9.80 Å². The molecule has 2 fully saturated rings. The number of carbonyl (C=O) groups is 3. The summed E-state index contributed by atoms with van der Waals surface area (Å²) in [4.78, 5) is 42.8. The van der Waals surface area contributed by atoms with Gasteiger partial charge >= 0.3 is 0 Å². The summed E-state index contributed by atoms with van der Waals surface area (Å²) >= 11 is 1.36. The van der Waals surface area contributed by atoms with E-state index in [1.165, 1.54) is 17.8 Å². The molecule has 186 valence electrons. The van der Waals surface area contributed by atoms with Crippen molar-refractivity contribution in [2.75, 3.05) is 32.1 Å². The highest BCUT2D eigenvalue weighted by Gasteiger charge is 2.39. The van der Waals surface area contributed by atoms with Gasteiger partial charge in [0, 0.05) is 25.8 Å². The van der Waals surface area contributed by atoms with E-state index < -0.39 is 0 Å². The fourth-order valence-corrected chi connectivity index (χ4v) is 5.79. The number of piperidine rings is 1. The molecule has 35 heavy (non-hydrogen) atoms. The molecule has 0 radical (unpaired) electrons. The summed E-state index contributed by atoms with van der Waals surface area (Å²) in [5.74, 6) is 0.239. The van der Waals surface area contributed by atoms with Crippen LogP contribution in [0.15, 0.2) is 35.7 Å². The van der Waals surface area contributed by atoms with Gasteiger partial charge in [-0.3, -0.25) is 14.4 Å². The van der Waals surface area contributed by atoms with E-state index in [1.807, 2.05) is 16.3 Å². The van der Waals surface area contributed by atoms with E-state index in [2.05, 4.69) is 5.32 Å². The van der Waals surface area contributed by atoms with Crippen LogP contribution < -0.4 is 10.1 Å². The van der Waals surface area contributed by atoms with Crippen molar-refractivity contribution in [2.45, 2.75) is 56.8 Å². The number of thiophene rings is 1. The smallest absolute Gasteiger partial charge is 0.265 e. The van der Waals surface area contributed by atoms with Gasteiger partial charge in [0.05, 0.1) is 29.0 Å². The predicted molar refractivity (Wildman–Crippen MR) is 133 cm³/mol. The molecule has 8 nitrogen and oxygen atoms in total. The lowest BCUT2D eigenvalue weighted by atomic mass is 9.94. The van der Waals surface area contributed by atoms with Gasteiger partial charge in [-0.25, -0.2) is 0 Å². The second-order valence-electron chi connectivity index (χ2n) is 9.46.